The number of nitrogens with one attached hydrogen (secondary N) is 1. The lowest BCUT2D eigenvalue weighted by Gasteiger charge is -2.25. The van der Waals surface area contributed by atoms with Crippen molar-refractivity contribution in [2.24, 2.45) is 5.73 Å². The van der Waals surface area contributed by atoms with Gasteiger partial charge in [-0.2, -0.15) is 0 Å². The molecule has 1 aromatic rings. The zero-order valence-corrected chi connectivity index (χ0v) is 12.0. The molecule has 0 aromatic heterocycles. The van der Waals surface area contributed by atoms with Crippen molar-refractivity contribution < 1.29 is 9.53 Å². The Morgan fingerprint density at radius 2 is 2.16 bits per heavy atom. The van der Waals surface area contributed by atoms with Crippen molar-refractivity contribution in [3.05, 3.63) is 29.8 Å². The van der Waals surface area contributed by atoms with Gasteiger partial charge in [-0.1, -0.05) is 12.1 Å². The number of carbonyl (C=O) groups excluding carboxylic acids is 1. The third-order valence-electron chi connectivity index (χ3n) is 2.99. The number of hydrogen-bond donors (Lipinski definition) is 2. The number of likely N-dealkylation sites (N-methyl/N-ethyl adjacent to an activating group) is 1. The first-order valence-electron chi connectivity index (χ1n) is 6.29. The maximum atomic E-state index is 11.5. The van der Waals surface area contributed by atoms with E-state index in [9.17, 15) is 4.79 Å². The number of rotatable bonds is 6. The van der Waals surface area contributed by atoms with Gasteiger partial charge in [0.1, 0.15) is 5.75 Å². The van der Waals surface area contributed by atoms with E-state index in [1.807, 2.05) is 38.4 Å². The highest BCUT2D eigenvalue weighted by atomic mass is 16.5. The molecule has 1 unspecified atom stereocenters. The summed E-state index contributed by atoms with van der Waals surface area (Å²) in [5, 5.41) is 2.85. The summed E-state index contributed by atoms with van der Waals surface area (Å²) in [6.45, 7) is 2.19. The number of methoxy groups -OCH3 is 1. The first-order valence-corrected chi connectivity index (χ1v) is 6.29. The lowest BCUT2D eigenvalue weighted by atomic mass is 10.1. The maximum Gasteiger partial charge on any atom is 0.236 e. The van der Waals surface area contributed by atoms with Crippen LogP contribution in [0.3, 0.4) is 0 Å². The molecule has 0 aliphatic heterocycles. The summed E-state index contributed by atoms with van der Waals surface area (Å²) in [7, 11) is 5.59. The molecule has 0 aliphatic rings. The SMILES string of the molecule is COc1cccc(C(CNC(=O)[C@H](C)N)N(C)C)c1. The van der Waals surface area contributed by atoms with Gasteiger partial charge >= 0.3 is 0 Å². The number of amides is 1. The molecule has 0 radical (unpaired) electrons. The van der Waals surface area contributed by atoms with Crippen LogP contribution in [0.4, 0.5) is 0 Å². The Labute approximate surface area is 114 Å². The lowest BCUT2D eigenvalue weighted by Crippen LogP contribution is -2.42. The van der Waals surface area contributed by atoms with E-state index in [2.05, 4.69) is 10.2 Å². The number of hydrogen-bond acceptors (Lipinski definition) is 4. The molecule has 1 rings (SSSR count). The Morgan fingerprint density at radius 1 is 1.47 bits per heavy atom. The fourth-order valence-corrected chi connectivity index (χ4v) is 1.81. The molecule has 0 heterocycles. The Bertz CT molecular complexity index is 419. The molecule has 0 spiro atoms. The van der Waals surface area contributed by atoms with Crippen molar-refractivity contribution in [1.82, 2.24) is 10.2 Å². The first-order chi connectivity index (χ1) is 8.95. The van der Waals surface area contributed by atoms with Crippen LogP contribution >= 0.6 is 0 Å². The van der Waals surface area contributed by atoms with Crippen LogP contribution in [0.5, 0.6) is 5.75 Å². The van der Waals surface area contributed by atoms with E-state index in [4.69, 9.17) is 10.5 Å². The average Bonchev–Trinajstić information content (AvgIpc) is 2.38. The Balaban J connectivity index is 2.79. The fraction of sp³-hybridized carbons (Fsp3) is 0.500. The average molecular weight is 265 g/mol. The molecule has 5 nitrogen and oxygen atoms in total. The van der Waals surface area contributed by atoms with Gasteiger partial charge in [0.15, 0.2) is 0 Å². The van der Waals surface area contributed by atoms with E-state index in [1.54, 1.807) is 14.0 Å². The van der Waals surface area contributed by atoms with Crippen molar-refractivity contribution in [2.75, 3.05) is 27.7 Å². The zero-order chi connectivity index (χ0) is 14.4. The van der Waals surface area contributed by atoms with Crippen LogP contribution in [0.25, 0.3) is 0 Å². The number of nitrogens with two attached hydrogens (primary N) is 1. The number of nitrogens with zero attached hydrogens (tertiary/aromatic N) is 1. The molecular weight excluding hydrogens is 242 g/mol. The molecule has 1 aromatic carbocycles. The molecule has 0 fully saturated rings. The Hall–Kier alpha value is -1.59. The van der Waals surface area contributed by atoms with Crippen LogP contribution in [0.15, 0.2) is 24.3 Å². The highest BCUT2D eigenvalue weighted by molar-refractivity contribution is 5.80. The molecule has 19 heavy (non-hydrogen) atoms. The second-order valence-corrected chi connectivity index (χ2v) is 4.79. The van der Waals surface area contributed by atoms with Gasteiger partial charge in [-0.05, 0) is 38.7 Å². The van der Waals surface area contributed by atoms with Crippen molar-refractivity contribution >= 4 is 5.91 Å². The van der Waals surface area contributed by atoms with E-state index in [0.29, 0.717) is 6.54 Å². The summed E-state index contributed by atoms with van der Waals surface area (Å²) in [5.41, 5.74) is 6.63. The molecular formula is C14H23N3O2. The number of ether oxygens (including phenoxy) is 1. The minimum Gasteiger partial charge on any atom is -0.497 e. The summed E-state index contributed by atoms with van der Waals surface area (Å²) in [4.78, 5) is 13.6. The molecule has 106 valence electrons. The van der Waals surface area contributed by atoms with Gasteiger partial charge in [0.05, 0.1) is 19.2 Å². The first kappa shape index (κ1) is 15.5. The van der Waals surface area contributed by atoms with Crippen molar-refractivity contribution in [1.29, 1.82) is 0 Å². The molecule has 5 heteroatoms. The van der Waals surface area contributed by atoms with E-state index in [-0.39, 0.29) is 11.9 Å². The topological polar surface area (TPSA) is 67.6 Å². The number of carbonyl (C=O) groups is 1. The van der Waals surface area contributed by atoms with E-state index >= 15 is 0 Å². The Morgan fingerprint density at radius 3 is 2.68 bits per heavy atom. The van der Waals surface area contributed by atoms with Gasteiger partial charge in [0.25, 0.3) is 0 Å². The van der Waals surface area contributed by atoms with Crippen molar-refractivity contribution in [3.8, 4) is 5.75 Å². The quantitative estimate of drug-likeness (QED) is 0.797. The predicted molar refractivity (Wildman–Crippen MR) is 76.1 cm³/mol. The van der Waals surface area contributed by atoms with Crippen LogP contribution in [0, 0.1) is 0 Å². The zero-order valence-electron chi connectivity index (χ0n) is 12.0. The van der Waals surface area contributed by atoms with Crippen LogP contribution in [-0.4, -0.2) is 44.6 Å². The van der Waals surface area contributed by atoms with Gasteiger partial charge in [-0.15, -0.1) is 0 Å². The third-order valence-corrected chi connectivity index (χ3v) is 2.99. The highest BCUT2D eigenvalue weighted by Gasteiger charge is 2.16. The normalized spacial score (nSPS) is 14.0. The monoisotopic (exact) mass is 265 g/mol. The summed E-state index contributed by atoms with van der Waals surface area (Å²) in [5.74, 6) is 0.664. The van der Waals surface area contributed by atoms with Crippen LogP contribution in [0.1, 0.15) is 18.5 Å². The molecule has 0 bridgehead atoms. The van der Waals surface area contributed by atoms with E-state index < -0.39 is 6.04 Å². The molecule has 0 aliphatic carbocycles. The summed E-state index contributed by atoms with van der Waals surface area (Å²) in [6.07, 6.45) is 0. The summed E-state index contributed by atoms with van der Waals surface area (Å²) < 4.78 is 5.22. The van der Waals surface area contributed by atoms with Gasteiger partial charge < -0.3 is 20.7 Å². The lowest BCUT2D eigenvalue weighted by molar-refractivity contribution is -0.122. The molecule has 0 saturated heterocycles. The van der Waals surface area contributed by atoms with E-state index in [1.165, 1.54) is 0 Å². The van der Waals surface area contributed by atoms with Crippen molar-refractivity contribution in [2.45, 2.75) is 19.0 Å². The second-order valence-electron chi connectivity index (χ2n) is 4.79. The predicted octanol–water partition coefficient (Wildman–Crippen LogP) is 0.761. The van der Waals surface area contributed by atoms with Gasteiger partial charge in [0, 0.05) is 6.54 Å². The smallest absolute Gasteiger partial charge is 0.236 e. The maximum absolute atomic E-state index is 11.5. The van der Waals surface area contributed by atoms with Gasteiger partial charge in [-0.3, -0.25) is 4.79 Å². The van der Waals surface area contributed by atoms with Crippen LogP contribution in [-0.2, 0) is 4.79 Å². The molecule has 3 N–H and O–H groups in total. The highest BCUT2D eigenvalue weighted by Crippen LogP contribution is 2.21. The molecule has 0 saturated carbocycles. The van der Waals surface area contributed by atoms with Crippen LogP contribution in [0.2, 0.25) is 0 Å². The minimum absolute atomic E-state index is 0.0813. The van der Waals surface area contributed by atoms with Gasteiger partial charge in [0.2, 0.25) is 5.91 Å². The summed E-state index contributed by atoms with van der Waals surface area (Å²) >= 11 is 0. The fourth-order valence-electron chi connectivity index (χ4n) is 1.81. The van der Waals surface area contributed by atoms with Gasteiger partial charge in [-0.25, -0.2) is 0 Å². The summed E-state index contributed by atoms with van der Waals surface area (Å²) in [6, 6.07) is 7.42. The standard InChI is InChI=1S/C14H23N3O2/c1-10(15)14(18)16-9-13(17(2)3)11-6-5-7-12(8-11)19-4/h5-8,10,13H,9,15H2,1-4H3,(H,16,18)/t10-,13?/m0/s1. The molecule has 1 amide bonds. The van der Waals surface area contributed by atoms with Crippen LogP contribution < -0.4 is 15.8 Å². The number of benzene rings is 1. The Kier molecular flexibility index (Phi) is 5.79. The molecule has 2 atom stereocenters. The third kappa shape index (κ3) is 4.54. The second kappa shape index (κ2) is 7.11. The van der Waals surface area contributed by atoms with E-state index in [0.717, 1.165) is 11.3 Å². The minimum atomic E-state index is -0.492. The largest absolute Gasteiger partial charge is 0.497 e. The van der Waals surface area contributed by atoms with Crippen molar-refractivity contribution in [3.63, 3.8) is 0 Å².